The third kappa shape index (κ3) is 4.99. The molecule has 0 unspecified atom stereocenters. The fraction of sp³-hybridized carbons (Fsp3) is 0.909. The zero-order valence-corrected chi connectivity index (χ0v) is 10.2. The third-order valence-corrected chi connectivity index (χ3v) is 3.19. The van der Waals surface area contributed by atoms with Crippen molar-refractivity contribution in [3.63, 3.8) is 0 Å². The number of rotatable bonds is 7. The van der Waals surface area contributed by atoms with Gasteiger partial charge in [0.05, 0.1) is 0 Å². The van der Waals surface area contributed by atoms with Crippen LogP contribution in [0.1, 0.15) is 51.4 Å². The first-order valence-electron chi connectivity index (χ1n) is 5.58. The number of halogens is 1. The smallest absolute Gasteiger partial charge is 0.306 e. The normalized spacial score (nSPS) is 21.2. The fourth-order valence-electron chi connectivity index (χ4n) is 1.78. The van der Waals surface area contributed by atoms with Crippen LogP contribution in [0, 0.1) is 0 Å². The van der Waals surface area contributed by atoms with Crippen LogP contribution in [0.3, 0.4) is 0 Å². The van der Waals surface area contributed by atoms with Gasteiger partial charge in [0.2, 0.25) is 0 Å². The molecule has 0 aromatic carbocycles. The first kappa shape index (κ1) is 12.0. The molecule has 1 saturated heterocycles. The van der Waals surface area contributed by atoms with Crippen molar-refractivity contribution in [2.24, 2.45) is 0 Å². The summed E-state index contributed by atoms with van der Waals surface area (Å²) in [6, 6.07) is 0. The standard InChI is InChI=1S/C11H19BrO2/c12-9-5-3-1-2-4-6-10-7-8-11(13)14-10/h10H,1-9H2/t10-/m0/s1. The minimum Gasteiger partial charge on any atom is -0.462 e. The molecule has 3 heteroatoms. The molecule has 14 heavy (non-hydrogen) atoms. The molecule has 0 aromatic heterocycles. The quantitative estimate of drug-likeness (QED) is 0.399. The van der Waals surface area contributed by atoms with Crippen LogP contribution in [0.2, 0.25) is 0 Å². The first-order valence-corrected chi connectivity index (χ1v) is 6.70. The molecule has 82 valence electrons. The van der Waals surface area contributed by atoms with E-state index in [1.807, 2.05) is 0 Å². The highest BCUT2D eigenvalue weighted by atomic mass is 79.9. The van der Waals surface area contributed by atoms with Crippen LogP contribution < -0.4 is 0 Å². The average molecular weight is 263 g/mol. The van der Waals surface area contributed by atoms with Crippen LogP contribution in [-0.4, -0.2) is 17.4 Å². The molecular weight excluding hydrogens is 244 g/mol. The molecule has 1 aliphatic rings. The zero-order chi connectivity index (χ0) is 10.2. The molecule has 0 saturated carbocycles. The van der Waals surface area contributed by atoms with E-state index in [1.165, 1.54) is 32.1 Å². The fourth-order valence-corrected chi connectivity index (χ4v) is 2.18. The van der Waals surface area contributed by atoms with Gasteiger partial charge in [0, 0.05) is 11.8 Å². The Labute approximate surface area is 94.5 Å². The van der Waals surface area contributed by atoms with E-state index < -0.39 is 0 Å². The Morgan fingerprint density at radius 3 is 2.57 bits per heavy atom. The third-order valence-electron chi connectivity index (χ3n) is 2.63. The molecule has 0 aromatic rings. The molecule has 2 nitrogen and oxygen atoms in total. The molecule has 1 atom stereocenters. The maximum absolute atomic E-state index is 10.8. The molecule has 1 heterocycles. The highest BCUT2D eigenvalue weighted by molar-refractivity contribution is 9.09. The number of hydrogen-bond donors (Lipinski definition) is 0. The summed E-state index contributed by atoms with van der Waals surface area (Å²) in [5.74, 6) is -0.00529. The van der Waals surface area contributed by atoms with Crippen LogP contribution in [0.15, 0.2) is 0 Å². The SMILES string of the molecule is O=C1CC[C@H](CCCCCCCBr)O1. The van der Waals surface area contributed by atoms with Gasteiger partial charge in [-0.05, 0) is 25.7 Å². The van der Waals surface area contributed by atoms with Gasteiger partial charge in [-0.1, -0.05) is 35.2 Å². The van der Waals surface area contributed by atoms with Gasteiger partial charge in [0.25, 0.3) is 0 Å². The average Bonchev–Trinajstić information content (AvgIpc) is 2.58. The summed E-state index contributed by atoms with van der Waals surface area (Å²) in [4.78, 5) is 10.8. The van der Waals surface area contributed by atoms with Crippen molar-refractivity contribution < 1.29 is 9.53 Å². The van der Waals surface area contributed by atoms with Gasteiger partial charge >= 0.3 is 5.97 Å². The van der Waals surface area contributed by atoms with Gasteiger partial charge in [-0.15, -0.1) is 0 Å². The highest BCUT2D eigenvalue weighted by Gasteiger charge is 2.22. The number of esters is 1. The first-order chi connectivity index (χ1) is 6.83. The molecular formula is C11H19BrO2. The van der Waals surface area contributed by atoms with E-state index in [9.17, 15) is 4.79 Å². The number of hydrogen-bond acceptors (Lipinski definition) is 2. The Balaban J connectivity index is 1.86. The van der Waals surface area contributed by atoms with Crippen LogP contribution in [-0.2, 0) is 9.53 Å². The van der Waals surface area contributed by atoms with E-state index in [1.54, 1.807) is 0 Å². The van der Waals surface area contributed by atoms with Crippen LogP contribution >= 0.6 is 15.9 Å². The molecule has 1 aliphatic heterocycles. The summed E-state index contributed by atoms with van der Waals surface area (Å²) in [5.41, 5.74) is 0. The van der Waals surface area contributed by atoms with Crippen LogP contribution in [0.5, 0.6) is 0 Å². The van der Waals surface area contributed by atoms with Crippen molar-refractivity contribution in [3.8, 4) is 0 Å². The van der Waals surface area contributed by atoms with Crippen molar-refractivity contribution in [1.29, 1.82) is 0 Å². The maximum atomic E-state index is 10.8. The van der Waals surface area contributed by atoms with Gasteiger partial charge in [-0.25, -0.2) is 0 Å². The lowest BCUT2D eigenvalue weighted by Crippen LogP contribution is -2.06. The highest BCUT2D eigenvalue weighted by Crippen LogP contribution is 2.19. The number of cyclic esters (lactones) is 1. The summed E-state index contributed by atoms with van der Waals surface area (Å²) >= 11 is 3.42. The summed E-state index contributed by atoms with van der Waals surface area (Å²) < 4.78 is 5.14. The van der Waals surface area contributed by atoms with E-state index >= 15 is 0 Å². The number of alkyl halides is 1. The molecule has 0 spiro atoms. The van der Waals surface area contributed by atoms with Crippen molar-refractivity contribution in [1.82, 2.24) is 0 Å². The molecule has 0 bridgehead atoms. The largest absolute Gasteiger partial charge is 0.462 e. The molecule has 0 N–H and O–H groups in total. The van der Waals surface area contributed by atoms with E-state index in [0.717, 1.165) is 18.2 Å². The summed E-state index contributed by atoms with van der Waals surface area (Å²) in [5, 5.41) is 1.12. The summed E-state index contributed by atoms with van der Waals surface area (Å²) in [6.07, 6.45) is 9.27. The van der Waals surface area contributed by atoms with Gasteiger partial charge in [0.15, 0.2) is 0 Å². The lowest BCUT2D eigenvalue weighted by atomic mass is 10.1. The maximum Gasteiger partial charge on any atom is 0.306 e. The molecule has 1 rings (SSSR count). The van der Waals surface area contributed by atoms with Crippen molar-refractivity contribution in [3.05, 3.63) is 0 Å². The Morgan fingerprint density at radius 1 is 1.21 bits per heavy atom. The second-order valence-electron chi connectivity index (χ2n) is 3.90. The lowest BCUT2D eigenvalue weighted by molar-refractivity contribution is -0.141. The van der Waals surface area contributed by atoms with Gasteiger partial charge in [-0.2, -0.15) is 0 Å². The number of carbonyl (C=O) groups excluding carboxylic acids is 1. The molecule has 1 fully saturated rings. The summed E-state index contributed by atoms with van der Waals surface area (Å²) in [7, 11) is 0. The number of unbranched alkanes of at least 4 members (excludes halogenated alkanes) is 4. The predicted octanol–water partition coefficient (Wildman–Crippen LogP) is 3.43. The molecule has 0 radical (unpaired) electrons. The number of carbonyl (C=O) groups is 1. The van der Waals surface area contributed by atoms with Gasteiger partial charge in [0.1, 0.15) is 6.10 Å². The van der Waals surface area contributed by atoms with Gasteiger partial charge in [-0.3, -0.25) is 4.79 Å². The van der Waals surface area contributed by atoms with Crippen LogP contribution in [0.4, 0.5) is 0 Å². The van der Waals surface area contributed by atoms with E-state index in [2.05, 4.69) is 15.9 Å². The second-order valence-corrected chi connectivity index (χ2v) is 4.69. The topological polar surface area (TPSA) is 26.3 Å². The lowest BCUT2D eigenvalue weighted by Gasteiger charge is -2.07. The zero-order valence-electron chi connectivity index (χ0n) is 8.64. The minimum atomic E-state index is -0.00529. The van der Waals surface area contributed by atoms with Gasteiger partial charge < -0.3 is 4.74 Å². The monoisotopic (exact) mass is 262 g/mol. The second kappa shape index (κ2) is 7.27. The Morgan fingerprint density at radius 2 is 1.93 bits per heavy atom. The van der Waals surface area contributed by atoms with Crippen molar-refractivity contribution >= 4 is 21.9 Å². The summed E-state index contributed by atoms with van der Waals surface area (Å²) in [6.45, 7) is 0. The number of ether oxygens (including phenoxy) is 1. The van der Waals surface area contributed by atoms with Crippen LogP contribution in [0.25, 0.3) is 0 Å². The molecule has 0 amide bonds. The predicted molar refractivity (Wildman–Crippen MR) is 60.6 cm³/mol. The van der Waals surface area contributed by atoms with Crippen molar-refractivity contribution in [2.45, 2.75) is 57.5 Å². The van der Waals surface area contributed by atoms with E-state index in [4.69, 9.17) is 4.74 Å². The molecule has 0 aliphatic carbocycles. The Kier molecular flexibility index (Phi) is 6.24. The minimum absolute atomic E-state index is 0.00529. The van der Waals surface area contributed by atoms with Crippen molar-refractivity contribution in [2.75, 3.05) is 5.33 Å². The Bertz CT molecular complexity index is 171. The Hall–Kier alpha value is -0.0500. The van der Waals surface area contributed by atoms with E-state index in [0.29, 0.717) is 6.42 Å². The van der Waals surface area contributed by atoms with E-state index in [-0.39, 0.29) is 12.1 Å².